The van der Waals surface area contributed by atoms with Gasteiger partial charge in [-0.15, -0.1) is 0 Å². The van der Waals surface area contributed by atoms with Crippen LogP contribution >= 0.6 is 0 Å². The van der Waals surface area contributed by atoms with Crippen molar-refractivity contribution in [2.45, 2.75) is 20.4 Å². The number of nitrogens with zero attached hydrogens (tertiary/aromatic N) is 1. The lowest BCUT2D eigenvalue weighted by atomic mass is 10.1. The molecular formula is C15H16N2O3. The van der Waals surface area contributed by atoms with Gasteiger partial charge in [0.1, 0.15) is 11.5 Å². The van der Waals surface area contributed by atoms with Gasteiger partial charge in [0.25, 0.3) is 5.69 Å². The maximum absolute atomic E-state index is 10.8. The zero-order valence-corrected chi connectivity index (χ0v) is 11.4. The molecule has 5 nitrogen and oxygen atoms in total. The zero-order chi connectivity index (χ0) is 14.7. The number of rotatable bonds is 4. The van der Waals surface area contributed by atoms with E-state index in [4.69, 9.17) is 10.5 Å². The van der Waals surface area contributed by atoms with E-state index in [1.165, 1.54) is 12.1 Å². The molecule has 0 aliphatic heterocycles. The van der Waals surface area contributed by atoms with Crippen LogP contribution in [0.2, 0.25) is 0 Å². The van der Waals surface area contributed by atoms with Gasteiger partial charge in [-0.1, -0.05) is 12.1 Å². The predicted octanol–water partition coefficient (Wildman–Crippen LogP) is 3.46. The summed E-state index contributed by atoms with van der Waals surface area (Å²) in [4.78, 5) is 10.4. The van der Waals surface area contributed by atoms with Crippen LogP contribution in [0.1, 0.15) is 16.7 Å². The molecule has 0 amide bonds. The number of aryl methyl sites for hydroxylation is 2. The van der Waals surface area contributed by atoms with Crippen LogP contribution in [0.25, 0.3) is 0 Å². The van der Waals surface area contributed by atoms with E-state index in [0.29, 0.717) is 18.0 Å². The van der Waals surface area contributed by atoms with Gasteiger partial charge in [0, 0.05) is 12.6 Å². The molecule has 2 aromatic rings. The number of nitrogens with two attached hydrogens (primary N) is 1. The van der Waals surface area contributed by atoms with Crippen LogP contribution in [0.5, 0.6) is 11.5 Å². The summed E-state index contributed by atoms with van der Waals surface area (Å²) in [5.74, 6) is 1.16. The lowest BCUT2D eigenvalue weighted by molar-refractivity contribution is -0.384. The Morgan fingerprint density at radius 1 is 1.10 bits per heavy atom. The molecule has 0 aromatic heterocycles. The van der Waals surface area contributed by atoms with E-state index in [1.807, 2.05) is 32.0 Å². The molecule has 0 unspecified atom stereocenters. The number of hydrogen-bond acceptors (Lipinski definition) is 4. The van der Waals surface area contributed by atoms with Gasteiger partial charge in [0.15, 0.2) is 0 Å². The molecule has 0 aliphatic carbocycles. The predicted molar refractivity (Wildman–Crippen MR) is 77.0 cm³/mol. The molecule has 0 saturated heterocycles. The number of benzene rings is 2. The van der Waals surface area contributed by atoms with Crippen LogP contribution in [-0.2, 0) is 6.54 Å². The van der Waals surface area contributed by atoms with Crippen molar-refractivity contribution >= 4 is 5.69 Å². The highest BCUT2D eigenvalue weighted by atomic mass is 16.6. The SMILES string of the molecule is Cc1cc(CN)ccc1Oc1cc([N+](=O)[O-])ccc1C. The van der Waals surface area contributed by atoms with Gasteiger partial charge < -0.3 is 10.5 Å². The van der Waals surface area contributed by atoms with E-state index in [0.717, 1.165) is 16.7 Å². The average Bonchev–Trinajstić information content (AvgIpc) is 2.42. The number of nitro benzene ring substituents is 1. The van der Waals surface area contributed by atoms with E-state index in [9.17, 15) is 10.1 Å². The van der Waals surface area contributed by atoms with Crippen molar-refractivity contribution in [3.8, 4) is 11.5 Å². The van der Waals surface area contributed by atoms with Crippen LogP contribution in [0.3, 0.4) is 0 Å². The quantitative estimate of drug-likeness (QED) is 0.682. The van der Waals surface area contributed by atoms with Crippen LogP contribution < -0.4 is 10.5 Å². The Bertz CT molecular complexity index is 654. The van der Waals surface area contributed by atoms with Crippen molar-refractivity contribution in [2.75, 3.05) is 0 Å². The van der Waals surface area contributed by atoms with E-state index >= 15 is 0 Å². The first kappa shape index (κ1) is 14.0. The largest absolute Gasteiger partial charge is 0.457 e. The Kier molecular flexibility index (Phi) is 4.00. The Hall–Kier alpha value is -2.40. The maximum atomic E-state index is 10.8. The molecule has 5 heteroatoms. The Balaban J connectivity index is 2.34. The van der Waals surface area contributed by atoms with Crippen LogP contribution in [-0.4, -0.2) is 4.92 Å². The number of ether oxygens (including phenoxy) is 1. The molecule has 0 bridgehead atoms. The molecule has 0 aliphatic rings. The normalized spacial score (nSPS) is 10.3. The first-order chi connectivity index (χ1) is 9.51. The minimum atomic E-state index is -0.434. The number of non-ortho nitro benzene ring substituents is 1. The topological polar surface area (TPSA) is 78.4 Å². The Morgan fingerprint density at radius 2 is 1.85 bits per heavy atom. The molecule has 0 heterocycles. The molecule has 20 heavy (non-hydrogen) atoms. The van der Waals surface area contributed by atoms with Crippen molar-refractivity contribution in [2.24, 2.45) is 5.73 Å². The second-order valence-corrected chi connectivity index (χ2v) is 4.61. The van der Waals surface area contributed by atoms with Crippen LogP contribution in [0.4, 0.5) is 5.69 Å². The van der Waals surface area contributed by atoms with Crippen molar-refractivity contribution in [3.63, 3.8) is 0 Å². The maximum Gasteiger partial charge on any atom is 0.273 e. The lowest BCUT2D eigenvalue weighted by Crippen LogP contribution is -1.98. The summed E-state index contributed by atoms with van der Waals surface area (Å²) in [7, 11) is 0. The fraction of sp³-hybridized carbons (Fsp3) is 0.200. The minimum Gasteiger partial charge on any atom is -0.457 e. The zero-order valence-electron chi connectivity index (χ0n) is 11.4. The van der Waals surface area contributed by atoms with Gasteiger partial charge in [-0.05, 0) is 42.7 Å². The first-order valence-electron chi connectivity index (χ1n) is 6.23. The molecule has 0 radical (unpaired) electrons. The van der Waals surface area contributed by atoms with E-state index < -0.39 is 4.92 Å². The number of nitro groups is 1. The van der Waals surface area contributed by atoms with Crippen LogP contribution in [0, 0.1) is 24.0 Å². The monoisotopic (exact) mass is 272 g/mol. The summed E-state index contributed by atoms with van der Waals surface area (Å²) in [5, 5.41) is 10.8. The third-order valence-corrected chi connectivity index (χ3v) is 3.08. The molecule has 0 saturated carbocycles. The second-order valence-electron chi connectivity index (χ2n) is 4.61. The molecule has 2 N–H and O–H groups in total. The van der Waals surface area contributed by atoms with E-state index in [-0.39, 0.29) is 5.69 Å². The molecule has 0 spiro atoms. The van der Waals surface area contributed by atoms with Crippen molar-refractivity contribution < 1.29 is 9.66 Å². The summed E-state index contributed by atoms with van der Waals surface area (Å²) in [6, 6.07) is 10.2. The van der Waals surface area contributed by atoms with Crippen molar-refractivity contribution in [1.82, 2.24) is 0 Å². The highest BCUT2D eigenvalue weighted by Crippen LogP contribution is 2.31. The number of hydrogen-bond donors (Lipinski definition) is 1. The summed E-state index contributed by atoms with van der Waals surface area (Å²) in [5.41, 5.74) is 8.41. The van der Waals surface area contributed by atoms with Crippen molar-refractivity contribution in [1.29, 1.82) is 0 Å². The highest BCUT2D eigenvalue weighted by molar-refractivity contribution is 5.47. The molecule has 2 rings (SSSR count). The van der Waals surface area contributed by atoms with Crippen molar-refractivity contribution in [3.05, 3.63) is 63.2 Å². The van der Waals surface area contributed by atoms with Gasteiger partial charge in [-0.3, -0.25) is 10.1 Å². The molecule has 0 atom stereocenters. The summed E-state index contributed by atoms with van der Waals surface area (Å²) in [6.45, 7) is 4.24. The van der Waals surface area contributed by atoms with Gasteiger partial charge in [-0.2, -0.15) is 0 Å². The standard InChI is InChI=1S/C15H16N2O3/c1-10-3-5-13(17(18)19)8-15(10)20-14-6-4-12(9-16)7-11(14)2/h3-8H,9,16H2,1-2H3. The third-order valence-electron chi connectivity index (χ3n) is 3.08. The fourth-order valence-corrected chi connectivity index (χ4v) is 1.88. The summed E-state index contributed by atoms with van der Waals surface area (Å²) < 4.78 is 5.78. The lowest BCUT2D eigenvalue weighted by Gasteiger charge is -2.11. The Labute approximate surface area is 117 Å². The van der Waals surface area contributed by atoms with E-state index in [2.05, 4.69) is 0 Å². The average molecular weight is 272 g/mol. The first-order valence-corrected chi connectivity index (χ1v) is 6.23. The molecule has 104 valence electrons. The molecule has 2 aromatic carbocycles. The smallest absolute Gasteiger partial charge is 0.273 e. The van der Waals surface area contributed by atoms with Gasteiger partial charge in [0.05, 0.1) is 11.0 Å². The third kappa shape index (κ3) is 2.95. The van der Waals surface area contributed by atoms with Gasteiger partial charge in [-0.25, -0.2) is 0 Å². The minimum absolute atomic E-state index is 0.0156. The second kappa shape index (κ2) is 5.71. The summed E-state index contributed by atoms with van der Waals surface area (Å²) in [6.07, 6.45) is 0. The summed E-state index contributed by atoms with van der Waals surface area (Å²) >= 11 is 0. The molecular weight excluding hydrogens is 256 g/mol. The van der Waals surface area contributed by atoms with Gasteiger partial charge >= 0.3 is 0 Å². The fourth-order valence-electron chi connectivity index (χ4n) is 1.88. The Morgan fingerprint density at radius 3 is 2.45 bits per heavy atom. The van der Waals surface area contributed by atoms with E-state index in [1.54, 1.807) is 6.07 Å². The molecule has 0 fully saturated rings. The highest BCUT2D eigenvalue weighted by Gasteiger charge is 2.11. The van der Waals surface area contributed by atoms with Gasteiger partial charge in [0.2, 0.25) is 0 Å². The van der Waals surface area contributed by atoms with Crippen LogP contribution in [0.15, 0.2) is 36.4 Å².